The maximum absolute atomic E-state index is 6.16. The van der Waals surface area contributed by atoms with Crippen molar-refractivity contribution in [1.29, 1.82) is 0 Å². The summed E-state index contributed by atoms with van der Waals surface area (Å²) in [6.07, 6.45) is 0. The van der Waals surface area contributed by atoms with Gasteiger partial charge in [-0.25, -0.2) is 4.99 Å². The summed E-state index contributed by atoms with van der Waals surface area (Å²) in [6.45, 7) is 2.07. The van der Waals surface area contributed by atoms with E-state index in [1.54, 1.807) is 23.5 Å². The highest BCUT2D eigenvalue weighted by Gasteiger charge is 2.06. The Morgan fingerprint density at radius 1 is 0.808 bits per heavy atom. The van der Waals surface area contributed by atoms with Gasteiger partial charge in [-0.1, -0.05) is 102 Å². The topological polar surface area (TPSA) is 12.4 Å². The average molecular weight is 398 g/mol. The lowest BCUT2D eigenvalue weighted by atomic mass is 10.2. The summed E-state index contributed by atoms with van der Waals surface area (Å²) in [5.41, 5.74) is 4.67. The van der Waals surface area contributed by atoms with Crippen molar-refractivity contribution in [1.82, 2.24) is 0 Å². The highest BCUT2D eigenvalue weighted by Crippen LogP contribution is 2.30. The van der Waals surface area contributed by atoms with Crippen LogP contribution in [0.1, 0.15) is 16.7 Å². The molecule has 0 atom stereocenters. The summed E-state index contributed by atoms with van der Waals surface area (Å²) in [7, 11) is 0. The summed E-state index contributed by atoms with van der Waals surface area (Å²) in [4.78, 5) is 4.91. The van der Waals surface area contributed by atoms with E-state index in [2.05, 4.69) is 55.5 Å². The van der Waals surface area contributed by atoms with Gasteiger partial charge in [-0.05, 0) is 35.7 Å². The van der Waals surface area contributed by atoms with Crippen molar-refractivity contribution in [2.24, 2.45) is 4.99 Å². The molecule has 0 spiro atoms. The first-order chi connectivity index (χ1) is 12.7. The van der Waals surface area contributed by atoms with Crippen LogP contribution in [-0.2, 0) is 11.5 Å². The summed E-state index contributed by atoms with van der Waals surface area (Å²) in [5, 5.41) is 0.717. The second-order valence-electron chi connectivity index (χ2n) is 5.86. The molecule has 0 aromatic heterocycles. The molecule has 3 aromatic rings. The van der Waals surface area contributed by atoms with Gasteiger partial charge in [0, 0.05) is 16.5 Å². The van der Waals surface area contributed by atoms with Crippen LogP contribution < -0.4 is 0 Å². The summed E-state index contributed by atoms with van der Waals surface area (Å²) >= 11 is 9.71. The first-order valence-corrected chi connectivity index (χ1v) is 10.7. The predicted octanol–water partition coefficient (Wildman–Crippen LogP) is 7.50. The van der Waals surface area contributed by atoms with Gasteiger partial charge in [0.05, 0.1) is 5.69 Å². The molecule has 0 N–H and O–H groups in total. The molecule has 0 saturated carbocycles. The third-order valence-corrected chi connectivity index (χ3v) is 6.37. The molecule has 1 nitrogen and oxygen atoms in total. The highest BCUT2D eigenvalue weighted by molar-refractivity contribution is 8.38. The Balaban J connectivity index is 1.78. The van der Waals surface area contributed by atoms with Gasteiger partial charge in [0.1, 0.15) is 4.38 Å². The van der Waals surface area contributed by atoms with E-state index in [9.17, 15) is 0 Å². The Bertz CT molecular complexity index is 818. The Hall–Kier alpha value is -1.68. The number of nitrogens with zero attached hydrogens (tertiary/aromatic N) is 1. The lowest BCUT2D eigenvalue weighted by molar-refractivity contribution is 1.40. The predicted molar refractivity (Wildman–Crippen MR) is 119 cm³/mol. The van der Waals surface area contributed by atoms with E-state index < -0.39 is 0 Å². The monoisotopic (exact) mass is 397 g/mol. The van der Waals surface area contributed by atoms with E-state index in [1.165, 1.54) is 11.1 Å². The zero-order valence-electron chi connectivity index (χ0n) is 14.6. The fraction of sp³-hybridized carbons (Fsp3) is 0.136. The van der Waals surface area contributed by atoms with E-state index in [0.717, 1.165) is 32.2 Å². The number of halogens is 1. The van der Waals surface area contributed by atoms with Crippen LogP contribution in [0, 0.1) is 6.92 Å². The lowest BCUT2D eigenvalue weighted by Crippen LogP contribution is -1.91. The molecule has 0 heterocycles. The number of aliphatic imine (C=N–C) groups is 1. The Morgan fingerprint density at radius 3 is 1.88 bits per heavy atom. The maximum atomic E-state index is 6.16. The fourth-order valence-electron chi connectivity index (χ4n) is 2.35. The molecule has 3 aromatic carbocycles. The van der Waals surface area contributed by atoms with Gasteiger partial charge < -0.3 is 0 Å². The first kappa shape index (κ1) is 19.1. The third-order valence-electron chi connectivity index (χ3n) is 3.79. The van der Waals surface area contributed by atoms with Crippen molar-refractivity contribution in [3.8, 4) is 0 Å². The Labute approximate surface area is 168 Å². The second kappa shape index (κ2) is 9.86. The van der Waals surface area contributed by atoms with Gasteiger partial charge in [0.15, 0.2) is 0 Å². The molecule has 0 fully saturated rings. The van der Waals surface area contributed by atoms with E-state index in [0.29, 0.717) is 0 Å². The van der Waals surface area contributed by atoms with Crippen LogP contribution in [0.3, 0.4) is 0 Å². The minimum absolute atomic E-state index is 0.717. The van der Waals surface area contributed by atoms with Gasteiger partial charge >= 0.3 is 0 Å². The quantitative estimate of drug-likeness (QED) is 0.326. The molecule has 132 valence electrons. The number of hydrogen-bond donors (Lipinski definition) is 0. The van der Waals surface area contributed by atoms with Crippen molar-refractivity contribution < 1.29 is 0 Å². The normalized spacial score (nSPS) is 10.5. The third kappa shape index (κ3) is 5.94. The van der Waals surface area contributed by atoms with Crippen molar-refractivity contribution in [3.05, 3.63) is 101 Å². The van der Waals surface area contributed by atoms with Crippen molar-refractivity contribution >= 4 is 45.2 Å². The van der Waals surface area contributed by atoms with Crippen LogP contribution in [0.15, 0.2) is 83.9 Å². The van der Waals surface area contributed by atoms with Crippen LogP contribution in [-0.4, -0.2) is 4.38 Å². The van der Waals surface area contributed by atoms with E-state index in [-0.39, 0.29) is 0 Å². The Morgan fingerprint density at radius 2 is 1.35 bits per heavy atom. The molecular weight excluding hydrogens is 378 g/mol. The summed E-state index contributed by atoms with van der Waals surface area (Å²) in [5.74, 6) is 1.81. The SMILES string of the molecule is Cc1ccc(Cl)cc1N=C(SCc1ccccc1)SCc1ccccc1. The molecular formula is C22H20ClNS2. The van der Waals surface area contributed by atoms with Gasteiger partial charge in [0.2, 0.25) is 0 Å². The average Bonchev–Trinajstić information content (AvgIpc) is 2.68. The molecule has 0 bridgehead atoms. The molecule has 0 radical (unpaired) electrons. The second-order valence-corrected chi connectivity index (χ2v) is 8.48. The fourth-order valence-corrected chi connectivity index (χ4v) is 4.49. The zero-order valence-corrected chi connectivity index (χ0v) is 17.0. The van der Waals surface area contributed by atoms with Gasteiger partial charge in [-0.2, -0.15) is 0 Å². The number of hydrogen-bond acceptors (Lipinski definition) is 3. The van der Waals surface area contributed by atoms with Crippen LogP contribution >= 0.6 is 35.1 Å². The van der Waals surface area contributed by atoms with Crippen molar-refractivity contribution in [2.45, 2.75) is 18.4 Å². The van der Waals surface area contributed by atoms with Gasteiger partial charge in [-0.15, -0.1) is 0 Å². The molecule has 26 heavy (non-hydrogen) atoms. The van der Waals surface area contributed by atoms with Gasteiger partial charge in [0.25, 0.3) is 0 Å². The molecule has 0 aliphatic rings. The van der Waals surface area contributed by atoms with Crippen LogP contribution in [0.4, 0.5) is 5.69 Å². The summed E-state index contributed by atoms with van der Waals surface area (Å²) in [6, 6.07) is 26.8. The Kier molecular flexibility index (Phi) is 7.24. The molecule has 0 saturated heterocycles. The largest absolute Gasteiger partial charge is 0.235 e. The molecule has 0 aliphatic carbocycles. The van der Waals surface area contributed by atoms with E-state index in [4.69, 9.17) is 16.6 Å². The van der Waals surface area contributed by atoms with Crippen LogP contribution in [0.2, 0.25) is 5.02 Å². The molecule has 0 unspecified atom stereocenters. The van der Waals surface area contributed by atoms with Crippen molar-refractivity contribution in [2.75, 3.05) is 0 Å². The molecule has 4 heteroatoms. The molecule has 3 rings (SSSR count). The van der Waals surface area contributed by atoms with E-state index in [1.807, 2.05) is 30.3 Å². The first-order valence-electron chi connectivity index (χ1n) is 8.39. The van der Waals surface area contributed by atoms with Crippen LogP contribution in [0.5, 0.6) is 0 Å². The lowest BCUT2D eigenvalue weighted by Gasteiger charge is -2.08. The standard InChI is InChI=1S/C22H20ClNS2/c1-17-12-13-20(23)14-21(17)24-22(25-15-18-8-4-2-5-9-18)26-16-19-10-6-3-7-11-19/h2-14H,15-16H2,1H3. The zero-order chi connectivity index (χ0) is 18.2. The van der Waals surface area contributed by atoms with Crippen LogP contribution in [0.25, 0.3) is 0 Å². The number of benzene rings is 3. The van der Waals surface area contributed by atoms with E-state index >= 15 is 0 Å². The number of thioether (sulfide) groups is 2. The molecule has 0 amide bonds. The maximum Gasteiger partial charge on any atom is 0.131 e. The molecule has 0 aliphatic heterocycles. The highest BCUT2D eigenvalue weighted by atomic mass is 35.5. The number of rotatable bonds is 5. The smallest absolute Gasteiger partial charge is 0.131 e. The summed E-state index contributed by atoms with van der Waals surface area (Å²) < 4.78 is 1.06. The van der Waals surface area contributed by atoms with Crippen molar-refractivity contribution in [3.63, 3.8) is 0 Å². The number of aryl methyl sites for hydroxylation is 1. The minimum Gasteiger partial charge on any atom is -0.235 e. The minimum atomic E-state index is 0.717. The van der Waals surface area contributed by atoms with Gasteiger partial charge in [-0.3, -0.25) is 0 Å².